The molecule has 0 aromatic carbocycles. The molecule has 2 N–H and O–H groups in total. The molecule has 1 aliphatic rings. The van der Waals surface area contributed by atoms with Crippen molar-refractivity contribution in [3.63, 3.8) is 0 Å². The minimum absolute atomic E-state index is 0.0129. The third-order valence-electron chi connectivity index (χ3n) is 4.28. The van der Waals surface area contributed by atoms with Gasteiger partial charge in [0.05, 0.1) is 5.75 Å². The highest BCUT2D eigenvalue weighted by atomic mass is 32.2. The van der Waals surface area contributed by atoms with E-state index in [0.29, 0.717) is 0 Å². The molecule has 1 heterocycles. The van der Waals surface area contributed by atoms with Gasteiger partial charge in [-0.05, 0) is 5.04 Å². The Labute approximate surface area is 126 Å². The van der Waals surface area contributed by atoms with Crippen LogP contribution in [-0.4, -0.2) is 55.9 Å². The normalized spacial score (nSPS) is 22.4. The van der Waals surface area contributed by atoms with Crippen molar-refractivity contribution in [1.29, 1.82) is 0 Å². The first kappa shape index (κ1) is 18.1. The van der Waals surface area contributed by atoms with E-state index >= 15 is 0 Å². The number of sulfonamides is 1. The maximum atomic E-state index is 12.1. The van der Waals surface area contributed by atoms with E-state index in [9.17, 15) is 18.0 Å². The van der Waals surface area contributed by atoms with Crippen LogP contribution in [0.15, 0.2) is 0 Å². The summed E-state index contributed by atoms with van der Waals surface area (Å²) in [7, 11) is -5.57. The van der Waals surface area contributed by atoms with E-state index < -0.39 is 36.7 Å². The van der Waals surface area contributed by atoms with Crippen LogP contribution in [0.1, 0.15) is 27.2 Å². The lowest BCUT2D eigenvalue weighted by molar-refractivity contribution is -0.138. The number of nitrogens with zero attached hydrogens (tertiary/aromatic N) is 1. The summed E-state index contributed by atoms with van der Waals surface area (Å²) in [5, 5.41) is 10.6. The van der Waals surface area contributed by atoms with Gasteiger partial charge < -0.3 is 10.4 Å². The Morgan fingerprint density at radius 2 is 1.86 bits per heavy atom. The second-order valence-corrected chi connectivity index (χ2v) is 14.2. The molecule has 1 rings (SSSR count). The molecule has 1 unspecified atom stereocenters. The average molecular weight is 336 g/mol. The topological polar surface area (TPSA) is 104 Å². The van der Waals surface area contributed by atoms with Gasteiger partial charge in [-0.25, -0.2) is 12.4 Å². The molecule has 1 saturated heterocycles. The largest absolute Gasteiger partial charge is 0.480 e. The zero-order valence-electron chi connectivity index (χ0n) is 13.1. The summed E-state index contributed by atoms with van der Waals surface area (Å²) < 4.78 is 25.7. The van der Waals surface area contributed by atoms with Crippen molar-refractivity contribution < 1.29 is 23.1 Å². The predicted octanol–water partition coefficient (Wildman–Crippen LogP) is 0.597. The third-order valence-corrected chi connectivity index (χ3v) is 13.3. The lowest BCUT2D eigenvalue weighted by Gasteiger charge is -2.53. The van der Waals surface area contributed by atoms with Crippen molar-refractivity contribution in [3.8, 4) is 0 Å². The van der Waals surface area contributed by atoms with Gasteiger partial charge in [-0.3, -0.25) is 9.59 Å². The van der Waals surface area contributed by atoms with E-state index in [1.54, 1.807) is 0 Å². The first-order valence-corrected chi connectivity index (χ1v) is 11.4. The number of hydrogen-bond donors (Lipinski definition) is 2. The maximum absolute atomic E-state index is 12.1. The van der Waals surface area contributed by atoms with Gasteiger partial charge in [0.2, 0.25) is 15.9 Å². The second kappa shape index (κ2) is 5.69. The quantitative estimate of drug-likeness (QED) is 0.715. The van der Waals surface area contributed by atoms with Crippen molar-refractivity contribution in [3.05, 3.63) is 0 Å². The standard InChI is InChI=1S/C12H24N2O5SSi/c1-12(2,3)21(4,5)14-9(8-20(14,18)19)6-10(15)13-7-11(16)17/h9H,6-8H2,1-5H3,(H,13,15)(H,16,17). The van der Waals surface area contributed by atoms with E-state index in [4.69, 9.17) is 5.11 Å². The molecule has 1 fully saturated rings. The van der Waals surface area contributed by atoms with Crippen LogP contribution in [0.2, 0.25) is 18.1 Å². The first-order valence-electron chi connectivity index (χ1n) is 6.80. The van der Waals surface area contributed by atoms with Gasteiger partial charge in [0, 0.05) is 12.5 Å². The average Bonchev–Trinajstić information content (AvgIpc) is 2.22. The van der Waals surface area contributed by atoms with Crippen molar-refractivity contribution >= 4 is 30.1 Å². The van der Waals surface area contributed by atoms with Crippen LogP contribution in [0.5, 0.6) is 0 Å². The molecule has 7 nitrogen and oxygen atoms in total. The summed E-state index contributed by atoms with van der Waals surface area (Å²) in [6.45, 7) is 9.54. The van der Waals surface area contributed by atoms with E-state index in [0.717, 1.165) is 0 Å². The number of rotatable bonds is 5. The Morgan fingerprint density at radius 3 is 2.24 bits per heavy atom. The lowest BCUT2D eigenvalue weighted by Crippen LogP contribution is -2.70. The predicted molar refractivity (Wildman–Crippen MR) is 81.9 cm³/mol. The first-order chi connectivity index (χ1) is 9.29. The number of carboxylic acid groups (broad SMARTS) is 1. The van der Waals surface area contributed by atoms with Crippen LogP contribution in [0.25, 0.3) is 0 Å². The maximum Gasteiger partial charge on any atom is 0.322 e. The van der Waals surface area contributed by atoms with Gasteiger partial charge >= 0.3 is 5.97 Å². The molecule has 21 heavy (non-hydrogen) atoms. The summed E-state index contributed by atoms with van der Waals surface area (Å²) in [5.41, 5.74) is 0. The molecule has 0 spiro atoms. The van der Waals surface area contributed by atoms with Crippen molar-refractivity contribution in [2.75, 3.05) is 12.3 Å². The number of carbonyl (C=O) groups excluding carboxylic acids is 1. The smallest absolute Gasteiger partial charge is 0.322 e. The fourth-order valence-electron chi connectivity index (χ4n) is 2.27. The number of carboxylic acids is 1. The molecule has 0 aromatic rings. The molecule has 1 atom stereocenters. The van der Waals surface area contributed by atoms with E-state index in [1.807, 2.05) is 33.9 Å². The Morgan fingerprint density at radius 1 is 1.33 bits per heavy atom. The van der Waals surface area contributed by atoms with Crippen molar-refractivity contribution in [1.82, 2.24) is 9.29 Å². The third kappa shape index (κ3) is 3.83. The van der Waals surface area contributed by atoms with Crippen molar-refractivity contribution in [2.24, 2.45) is 0 Å². The van der Waals surface area contributed by atoms with E-state index in [1.165, 1.54) is 3.97 Å². The van der Waals surface area contributed by atoms with Crippen LogP contribution in [0.3, 0.4) is 0 Å². The van der Waals surface area contributed by atoms with Crippen LogP contribution in [-0.2, 0) is 19.6 Å². The monoisotopic (exact) mass is 336 g/mol. The summed E-state index contributed by atoms with van der Waals surface area (Å²) in [6.07, 6.45) is 0.0129. The van der Waals surface area contributed by atoms with Gasteiger partial charge in [0.25, 0.3) is 0 Å². The highest BCUT2D eigenvalue weighted by Crippen LogP contribution is 2.44. The summed E-state index contributed by atoms with van der Waals surface area (Å²) in [5.74, 6) is -1.59. The fraction of sp³-hybridized carbons (Fsp3) is 0.833. The second-order valence-electron chi connectivity index (χ2n) is 6.91. The van der Waals surface area contributed by atoms with Gasteiger partial charge in [0.1, 0.15) is 14.8 Å². The Kier molecular flexibility index (Phi) is 4.91. The molecule has 1 aliphatic heterocycles. The molecule has 122 valence electrons. The number of nitrogens with one attached hydrogen (secondary N) is 1. The van der Waals surface area contributed by atoms with E-state index in [-0.39, 0.29) is 23.3 Å². The Hall–Kier alpha value is -0.933. The summed E-state index contributed by atoms with van der Waals surface area (Å²) in [6, 6.07) is -0.357. The SMILES string of the molecule is CC(C)(C)[Si](C)(C)N1C(CC(=O)NCC(=O)O)CS1(=O)=O. The molecular weight excluding hydrogens is 312 g/mol. The van der Waals surface area contributed by atoms with Gasteiger partial charge in [0.15, 0.2) is 0 Å². The Bertz CT molecular complexity index is 538. The van der Waals surface area contributed by atoms with Crippen LogP contribution in [0, 0.1) is 0 Å². The van der Waals surface area contributed by atoms with Crippen LogP contribution >= 0.6 is 0 Å². The summed E-state index contributed by atoms with van der Waals surface area (Å²) in [4.78, 5) is 22.1. The van der Waals surface area contributed by atoms with Gasteiger partial charge in [-0.2, -0.15) is 0 Å². The summed E-state index contributed by atoms with van der Waals surface area (Å²) >= 11 is 0. The molecule has 0 bridgehead atoms. The number of aliphatic carboxylic acids is 1. The fourth-order valence-corrected chi connectivity index (χ4v) is 9.24. The van der Waals surface area contributed by atoms with Crippen LogP contribution in [0.4, 0.5) is 0 Å². The minimum Gasteiger partial charge on any atom is -0.480 e. The molecule has 0 aliphatic carbocycles. The van der Waals surface area contributed by atoms with Gasteiger partial charge in [-0.1, -0.05) is 33.9 Å². The lowest BCUT2D eigenvalue weighted by atomic mass is 10.2. The molecular formula is C12H24N2O5SSi. The zero-order chi connectivity index (χ0) is 16.6. The number of amides is 1. The van der Waals surface area contributed by atoms with Gasteiger partial charge in [-0.15, -0.1) is 0 Å². The molecule has 1 amide bonds. The molecule has 0 saturated carbocycles. The minimum atomic E-state index is -3.29. The van der Waals surface area contributed by atoms with Crippen molar-refractivity contribution in [2.45, 2.75) is 51.4 Å². The van der Waals surface area contributed by atoms with Crippen LogP contribution < -0.4 is 5.32 Å². The highest BCUT2D eigenvalue weighted by Gasteiger charge is 2.56. The number of hydrogen-bond acceptors (Lipinski definition) is 4. The molecule has 0 aromatic heterocycles. The van der Waals surface area contributed by atoms with E-state index in [2.05, 4.69) is 5.32 Å². The highest BCUT2D eigenvalue weighted by molar-refractivity contribution is 7.91. The number of carbonyl (C=O) groups is 2. The molecule has 0 radical (unpaired) electrons. The Balaban J connectivity index is 2.82. The molecule has 9 heteroatoms. The zero-order valence-corrected chi connectivity index (χ0v) is 15.0.